The molecule has 0 saturated carbocycles. The molecular weight excluding hydrogens is 282 g/mol. The van der Waals surface area contributed by atoms with Crippen molar-refractivity contribution in [1.29, 1.82) is 0 Å². The molecule has 2 aromatic carbocycles. The predicted molar refractivity (Wildman–Crippen MR) is 82.9 cm³/mol. The van der Waals surface area contributed by atoms with Gasteiger partial charge in [-0.05, 0) is 22.8 Å². The van der Waals surface area contributed by atoms with Crippen molar-refractivity contribution in [3.05, 3.63) is 70.8 Å². The molecule has 1 amide bonds. The summed E-state index contributed by atoms with van der Waals surface area (Å²) in [5, 5.41) is 10.4. The van der Waals surface area contributed by atoms with E-state index in [4.69, 9.17) is 0 Å². The fourth-order valence-corrected chi connectivity index (χ4v) is 4.41. The SMILES string of the molecule is O=C1c2ccccc2[C@@H]2SC[C@H](O)c3ccccc3CN12. The molecule has 0 bridgehead atoms. The first-order valence-corrected chi connectivity index (χ1v) is 8.08. The monoisotopic (exact) mass is 297 g/mol. The van der Waals surface area contributed by atoms with E-state index in [1.165, 1.54) is 0 Å². The lowest BCUT2D eigenvalue weighted by atomic mass is 10.0. The van der Waals surface area contributed by atoms with Crippen molar-refractivity contribution in [1.82, 2.24) is 4.90 Å². The number of carbonyl (C=O) groups excluding carboxylic acids is 1. The molecule has 2 aromatic rings. The largest absolute Gasteiger partial charge is 0.388 e. The van der Waals surface area contributed by atoms with Crippen molar-refractivity contribution in [3.8, 4) is 0 Å². The van der Waals surface area contributed by atoms with Crippen molar-refractivity contribution >= 4 is 17.7 Å². The Kier molecular flexibility index (Phi) is 3.01. The zero-order valence-corrected chi connectivity index (χ0v) is 12.2. The summed E-state index contributed by atoms with van der Waals surface area (Å²) in [5.74, 6) is 0.689. The summed E-state index contributed by atoms with van der Waals surface area (Å²) in [7, 11) is 0. The number of carbonyl (C=O) groups is 1. The van der Waals surface area contributed by atoms with Crippen LogP contribution in [0.1, 0.15) is 38.5 Å². The van der Waals surface area contributed by atoms with Crippen LogP contribution in [0.25, 0.3) is 0 Å². The average molecular weight is 297 g/mol. The first-order valence-electron chi connectivity index (χ1n) is 7.03. The lowest BCUT2D eigenvalue weighted by molar-refractivity contribution is 0.0756. The molecule has 0 unspecified atom stereocenters. The first-order chi connectivity index (χ1) is 10.3. The van der Waals surface area contributed by atoms with Gasteiger partial charge in [-0.15, -0.1) is 11.8 Å². The van der Waals surface area contributed by atoms with Gasteiger partial charge < -0.3 is 10.0 Å². The normalized spacial score (nSPS) is 23.9. The molecule has 2 atom stereocenters. The number of fused-ring (bicyclic) bond motifs is 4. The lowest BCUT2D eigenvalue weighted by Gasteiger charge is -2.30. The molecule has 3 nitrogen and oxygen atoms in total. The van der Waals surface area contributed by atoms with Crippen molar-refractivity contribution in [2.75, 3.05) is 5.75 Å². The molecule has 2 aliphatic rings. The van der Waals surface area contributed by atoms with Gasteiger partial charge in [-0.25, -0.2) is 0 Å². The van der Waals surface area contributed by atoms with Crippen LogP contribution in [0.5, 0.6) is 0 Å². The fourth-order valence-electron chi connectivity index (χ4n) is 3.13. The van der Waals surface area contributed by atoms with Gasteiger partial charge in [0.1, 0.15) is 5.37 Å². The maximum atomic E-state index is 12.6. The second kappa shape index (κ2) is 4.90. The van der Waals surface area contributed by atoms with Crippen LogP contribution < -0.4 is 0 Å². The molecule has 2 aliphatic heterocycles. The summed E-state index contributed by atoms with van der Waals surface area (Å²) in [6.07, 6.45) is -0.476. The van der Waals surface area contributed by atoms with Gasteiger partial charge >= 0.3 is 0 Å². The molecule has 0 spiro atoms. The molecule has 1 N–H and O–H groups in total. The van der Waals surface area contributed by atoms with Crippen LogP contribution in [0.15, 0.2) is 48.5 Å². The number of nitrogens with zero attached hydrogens (tertiary/aromatic N) is 1. The Morgan fingerprint density at radius 3 is 2.62 bits per heavy atom. The van der Waals surface area contributed by atoms with Gasteiger partial charge in [0.15, 0.2) is 0 Å². The molecule has 21 heavy (non-hydrogen) atoms. The molecule has 0 radical (unpaired) electrons. The highest BCUT2D eigenvalue weighted by atomic mass is 32.2. The number of thioether (sulfide) groups is 1. The summed E-state index contributed by atoms with van der Waals surface area (Å²) in [6.45, 7) is 0.554. The maximum absolute atomic E-state index is 12.6. The van der Waals surface area contributed by atoms with E-state index < -0.39 is 6.10 Å². The third kappa shape index (κ3) is 1.98. The number of hydrogen-bond acceptors (Lipinski definition) is 3. The highest BCUT2D eigenvalue weighted by molar-refractivity contribution is 7.99. The summed E-state index contributed by atoms with van der Waals surface area (Å²) < 4.78 is 0. The van der Waals surface area contributed by atoms with Crippen LogP contribution in [-0.2, 0) is 6.54 Å². The number of aliphatic hydroxyl groups excluding tert-OH is 1. The molecule has 0 aliphatic carbocycles. The Morgan fingerprint density at radius 1 is 1.05 bits per heavy atom. The zero-order valence-electron chi connectivity index (χ0n) is 11.4. The Hall–Kier alpha value is -1.78. The Bertz CT molecular complexity index is 715. The molecule has 0 saturated heterocycles. The van der Waals surface area contributed by atoms with E-state index in [1.807, 2.05) is 53.4 Å². The third-order valence-electron chi connectivity index (χ3n) is 4.17. The Labute approximate surface area is 127 Å². The van der Waals surface area contributed by atoms with Crippen LogP contribution in [0, 0.1) is 0 Å². The number of benzene rings is 2. The molecule has 106 valence electrons. The van der Waals surface area contributed by atoms with Gasteiger partial charge in [-0.1, -0.05) is 42.5 Å². The molecule has 4 rings (SSSR count). The lowest BCUT2D eigenvalue weighted by Crippen LogP contribution is -2.29. The molecule has 4 heteroatoms. The smallest absolute Gasteiger partial charge is 0.255 e. The van der Waals surface area contributed by atoms with E-state index in [0.29, 0.717) is 12.3 Å². The van der Waals surface area contributed by atoms with Gasteiger partial charge in [0.05, 0.1) is 6.10 Å². The summed E-state index contributed by atoms with van der Waals surface area (Å²) in [4.78, 5) is 14.6. The third-order valence-corrected chi connectivity index (χ3v) is 5.50. The van der Waals surface area contributed by atoms with Crippen LogP contribution >= 0.6 is 11.8 Å². The highest BCUT2D eigenvalue weighted by Crippen LogP contribution is 2.45. The van der Waals surface area contributed by atoms with E-state index in [2.05, 4.69) is 0 Å². The predicted octanol–water partition coefficient (Wildman–Crippen LogP) is 3.12. The summed E-state index contributed by atoms with van der Waals surface area (Å²) in [6, 6.07) is 15.6. The van der Waals surface area contributed by atoms with Crippen molar-refractivity contribution in [3.63, 3.8) is 0 Å². The number of rotatable bonds is 0. The van der Waals surface area contributed by atoms with Crippen LogP contribution in [-0.4, -0.2) is 21.7 Å². The number of hydrogen-bond donors (Lipinski definition) is 1. The second-order valence-corrected chi connectivity index (χ2v) is 6.53. The maximum Gasteiger partial charge on any atom is 0.255 e. The fraction of sp³-hybridized carbons (Fsp3) is 0.235. The highest BCUT2D eigenvalue weighted by Gasteiger charge is 2.38. The van der Waals surface area contributed by atoms with Gasteiger partial charge in [-0.3, -0.25) is 4.79 Å². The minimum absolute atomic E-state index is 0.0108. The van der Waals surface area contributed by atoms with E-state index in [1.54, 1.807) is 11.8 Å². The molecule has 2 heterocycles. The number of amides is 1. The quantitative estimate of drug-likeness (QED) is 0.812. The zero-order chi connectivity index (χ0) is 14.4. The molecule has 0 aromatic heterocycles. The minimum atomic E-state index is -0.476. The van der Waals surface area contributed by atoms with Gasteiger partial charge in [0.2, 0.25) is 0 Å². The Balaban J connectivity index is 1.80. The standard InChI is InChI=1S/C17H15NO2S/c19-15-10-21-17-14-8-4-3-7-13(14)16(20)18(17)9-11-5-1-2-6-12(11)15/h1-8,15,17,19H,9-10H2/t15-,17-/m0/s1. The van der Waals surface area contributed by atoms with Gasteiger partial charge in [0.25, 0.3) is 5.91 Å². The van der Waals surface area contributed by atoms with E-state index in [0.717, 1.165) is 22.3 Å². The van der Waals surface area contributed by atoms with Crippen molar-refractivity contribution < 1.29 is 9.90 Å². The average Bonchev–Trinajstić information content (AvgIpc) is 2.77. The van der Waals surface area contributed by atoms with Crippen LogP contribution in [0.3, 0.4) is 0 Å². The minimum Gasteiger partial charge on any atom is -0.388 e. The van der Waals surface area contributed by atoms with E-state index in [9.17, 15) is 9.90 Å². The number of aliphatic hydroxyl groups is 1. The van der Waals surface area contributed by atoms with Crippen molar-refractivity contribution in [2.45, 2.75) is 18.0 Å². The second-order valence-electron chi connectivity index (χ2n) is 5.42. The van der Waals surface area contributed by atoms with Crippen LogP contribution in [0.4, 0.5) is 0 Å². The Morgan fingerprint density at radius 2 is 1.76 bits per heavy atom. The van der Waals surface area contributed by atoms with E-state index >= 15 is 0 Å². The molecule has 0 fully saturated rings. The summed E-state index contributed by atoms with van der Waals surface area (Å²) >= 11 is 1.64. The topological polar surface area (TPSA) is 40.5 Å². The van der Waals surface area contributed by atoms with Gasteiger partial charge in [0, 0.05) is 17.9 Å². The molecular formula is C17H15NO2S. The van der Waals surface area contributed by atoms with Crippen molar-refractivity contribution in [2.24, 2.45) is 0 Å². The first kappa shape index (κ1) is 12.9. The van der Waals surface area contributed by atoms with E-state index in [-0.39, 0.29) is 11.3 Å². The van der Waals surface area contributed by atoms with Crippen LogP contribution in [0.2, 0.25) is 0 Å². The van der Waals surface area contributed by atoms with Gasteiger partial charge in [-0.2, -0.15) is 0 Å². The summed E-state index contributed by atoms with van der Waals surface area (Å²) in [5.41, 5.74) is 3.84.